The number of ether oxygens (including phenoxy) is 5. The molecule has 33 nitrogen and oxygen atoms in total. The zero-order valence-corrected chi connectivity index (χ0v) is 70.5. The van der Waals surface area contributed by atoms with Gasteiger partial charge in [-0.25, -0.2) is 69.8 Å². The number of methoxy groups -OCH3 is 3. The summed E-state index contributed by atoms with van der Waals surface area (Å²) in [5.41, 5.74) is 11.7. The lowest BCUT2D eigenvalue weighted by Crippen LogP contribution is -2.30. The summed E-state index contributed by atoms with van der Waals surface area (Å²) in [6.45, 7) is 7.51. The van der Waals surface area contributed by atoms with Crippen molar-refractivity contribution in [2.75, 3.05) is 50.5 Å². The predicted molar refractivity (Wildman–Crippen MR) is 486 cm³/mol. The Balaban J connectivity index is 0.000000127. The zero-order chi connectivity index (χ0) is 87.6. The number of hydrogen-bond donors (Lipinski definition) is 6. The van der Waals surface area contributed by atoms with Crippen LogP contribution in [0.25, 0.3) is 105 Å². The summed E-state index contributed by atoms with van der Waals surface area (Å²) in [4.78, 5) is 106. The highest BCUT2D eigenvalue weighted by molar-refractivity contribution is 6.58. The second kappa shape index (κ2) is 37.9. The Bertz CT molecular complexity index is 7130. The minimum absolute atomic E-state index is 0.00933. The van der Waals surface area contributed by atoms with Gasteiger partial charge in [-0.05, 0) is 153 Å². The molecule has 35 heteroatoms. The van der Waals surface area contributed by atoms with Crippen LogP contribution in [0.3, 0.4) is 0 Å². The number of nitrogens with one attached hydrogen (secondary N) is 4. The number of halogens is 1. The van der Waals surface area contributed by atoms with Crippen LogP contribution in [0.2, 0.25) is 5.02 Å². The van der Waals surface area contributed by atoms with Crippen LogP contribution in [0.4, 0.5) is 17.5 Å². The lowest BCUT2D eigenvalue weighted by Gasteiger charge is -2.24. The molecule has 2 saturated heterocycles. The van der Waals surface area contributed by atoms with E-state index in [-0.39, 0.29) is 70.8 Å². The van der Waals surface area contributed by atoms with E-state index in [9.17, 15) is 14.4 Å². The highest BCUT2D eigenvalue weighted by atomic mass is 35.5. The third kappa shape index (κ3) is 17.7. The maximum absolute atomic E-state index is 14.4. The standard InChI is InChI=1S/C32H30N8O3.C28H26ClN5O2.C27H22N8O2.C5H7BN2O3/c1-20(38-29-28-30(36-18-35-29)39(19-37-28)26-13-6-7-14-43-26)25-15-21-9-8-12-24(22-16-33-32(42-2)34-17-22)27(21)31(41)40(25)23-10-4-3-5-11-23;1-18(32-27-26-22(13-14-30-27)33(17-31-26)24-12-5-6-15-36-24)23-16-19-8-7-11-21(29)25(19)28(35)34(23)20-9-3-2-4-10-20;1-16(34-25-23-24(31-14-30-23)32-15-33-25)21-11-17-7-6-10-20(18-12-28-27(37-2)29-13-18)22(17)26(36)35(21)19-8-4-3-5-9-19;1-11-5-7-2-4(3-8-5)6(9)10/h3-5,8-12,15-20,26H,6-7,13-14H2,1-2H3,(H,35,36,38);2-4,7-11,13-14,16-18,24H,5-6,12,15H2,1H3,(H,30,32);3-16H,1-2H3,(H2,30,31,32,33,34);2-3,9-10H,1H3/t20-,26?;18-,24?;16-;/m000./s1. The molecule has 12 aromatic heterocycles. The van der Waals surface area contributed by atoms with Crippen LogP contribution in [0.1, 0.15) is 107 Å². The van der Waals surface area contributed by atoms with E-state index in [1.165, 1.54) is 46.4 Å². The molecule has 127 heavy (non-hydrogen) atoms. The molecular formula is C92H85BClN23O10. The van der Waals surface area contributed by atoms with Crippen LogP contribution in [0, 0.1) is 0 Å². The van der Waals surface area contributed by atoms with E-state index in [2.05, 4.69) is 100 Å². The van der Waals surface area contributed by atoms with Gasteiger partial charge < -0.3 is 59.2 Å². The molecule has 0 radical (unpaired) electrons. The lowest BCUT2D eigenvalue weighted by molar-refractivity contribution is -0.0298. The van der Waals surface area contributed by atoms with Gasteiger partial charge in [0.2, 0.25) is 0 Å². The number of para-hydroxylation sites is 3. The first-order chi connectivity index (χ1) is 62.1. The average Bonchev–Trinajstić information content (AvgIpc) is 1.49. The number of rotatable bonds is 20. The Morgan fingerprint density at radius 2 is 0.890 bits per heavy atom. The molecule has 2 aliphatic rings. The fourth-order valence-corrected chi connectivity index (χ4v) is 16.1. The van der Waals surface area contributed by atoms with Crippen LogP contribution < -0.4 is 52.3 Å². The van der Waals surface area contributed by atoms with Gasteiger partial charge in [0.15, 0.2) is 34.3 Å². The summed E-state index contributed by atoms with van der Waals surface area (Å²) in [5, 5.41) is 32.2. The summed E-state index contributed by atoms with van der Waals surface area (Å²) in [6.07, 6.45) is 25.4. The van der Waals surface area contributed by atoms with E-state index >= 15 is 0 Å². The fourth-order valence-electron chi connectivity index (χ4n) is 15.8. The smallest absolute Gasteiger partial charge is 0.467 e. The zero-order valence-electron chi connectivity index (χ0n) is 69.8. The van der Waals surface area contributed by atoms with Gasteiger partial charge in [0.25, 0.3) is 16.7 Å². The molecule has 5 atom stereocenters. The van der Waals surface area contributed by atoms with Crippen molar-refractivity contribution in [3.8, 4) is 57.3 Å². The van der Waals surface area contributed by atoms with E-state index in [4.69, 9.17) is 40.6 Å². The average molecular weight is 1720 g/mol. The number of hydrogen-bond acceptors (Lipinski definition) is 27. The Morgan fingerprint density at radius 1 is 0.457 bits per heavy atom. The third-order valence-electron chi connectivity index (χ3n) is 22.0. The first-order valence-corrected chi connectivity index (χ1v) is 41.5. The van der Waals surface area contributed by atoms with Crippen LogP contribution >= 0.6 is 11.6 Å². The van der Waals surface area contributed by atoms with Crippen molar-refractivity contribution in [2.45, 2.75) is 89.9 Å². The molecular weight excluding hydrogens is 1630 g/mol. The minimum Gasteiger partial charge on any atom is -0.467 e. The van der Waals surface area contributed by atoms with Gasteiger partial charge in [0.05, 0.1) is 85.1 Å². The second-order valence-corrected chi connectivity index (χ2v) is 30.4. The van der Waals surface area contributed by atoms with Crippen molar-refractivity contribution in [2.24, 2.45) is 0 Å². The maximum atomic E-state index is 14.4. The number of nitrogens with zero attached hydrogens (tertiary/aromatic N) is 19. The van der Waals surface area contributed by atoms with Crippen molar-refractivity contribution < 1.29 is 33.7 Å². The lowest BCUT2D eigenvalue weighted by atomic mass is 9.83. The molecule has 2 fully saturated rings. The van der Waals surface area contributed by atoms with E-state index in [0.29, 0.717) is 61.0 Å². The molecule has 2 unspecified atom stereocenters. The van der Waals surface area contributed by atoms with Crippen molar-refractivity contribution in [1.29, 1.82) is 0 Å². The number of pyridine rings is 4. The number of fused-ring (bicyclic) bond motifs is 6. The number of aromatic nitrogens is 20. The first kappa shape index (κ1) is 84.1. The van der Waals surface area contributed by atoms with Crippen molar-refractivity contribution >= 4 is 107 Å². The van der Waals surface area contributed by atoms with E-state index < -0.39 is 7.12 Å². The molecule has 638 valence electrons. The number of aromatic amines is 1. The molecule has 2 aliphatic heterocycles. The van der Waals surface area contributed by atoms with Gasteiger partial charge >= 0.3 is 25.1 Å². The molecule has 20 rings (SSSR count). The van der Waals surface area contributed by atoms with E-state index in [1.54, 1.807) is 63.4 Å². The predicted octanol–water partition coefficient (Wildman–Crippen LogP) is 14.2. The summed E-state index contributed by atoms with van der Waals surface area (Å²) in [5.74, 6) is 1.85. The molecule has 18 aromatic rings. The first-order valence-electron chi connectivity index (χ1n) is 41.1. The molecule has 6 aromatic carbocycles. The molecule has 0 saturated carbocycles. The Morgan fingerprint density at radius 3 is 1.38 bits per heavy atom. The van der Waals surface area contributed by atoms with Gasteiger partial charge in [0, 0.05) is 107 Å². The number of imidazole rings is 3. The molecule has 0 bridgehead atoms. The second-order valence-electron chi connectivity index (χ2n) is 30.0. The summed E-state index contributed by atoms with van der Waals surface area (Å²) in [7, 11) is 2.94. The van der Waals surface area contributed by atoms with Gasteiger partial charge in [-0.3, -0.25) is 32.7 Å². The normalized spacial score (nSPS) is 14.5. The van der Waals surface area contributed by atoms with Crippen molar-refractivity contribution in [3.63, 3.8) is 0 Å². The number of anilines is 3. The van der Waals surface area contributed by atoms with Gasteiger partial charge in [-0.2, -0.15) is 0 Å². The number of H-pyrrole nitrogens is 1. The maximum Gasteiger partial charge on any atom is 0.491 e. The van der Waals surface area contributed by atoms with E-state index in [1.807, 2.05) is 195 Å². The monoisotopic (exact) mass is 1720 g/mol. The summed E-state index contributed by atoms with van der Waals surface area (Å²) in [6, 6.07) is 53.8. The van der Waals surface area contributed by atoms with Crippen LogP contribution in [-0.4, -0.2) is 149 Å². The van der Waals surface area contributed by atoms with Crippen molar-refractivity contribution in [3.05, 3.63) is 298 Å². The summed E-state index contributed by atoms with van der Waals surface area (Å²) < 4.78 is 36.1. The largest absolute Gasteiger partial charge is 0.491 e. The molecule has 0 amide bonds. The Labute approximate surface area is 730 Å². The molecule has 0 aliphatic carbocycles. The van der Waals surface area contributed by atoms with Gasteiger partial charge in [0.1, 0.15) is 36.1 Å². The topological polar surface area (TPSA) is 395 Å². The Kier molecular flexibility index (Phi) is 25.1. The van der Waals surface area contributed by atoms with Crippen LogP contribution in [0.5, 0.6) is 18.0 Å². The minimum atomic E-state index is -1.53. The number of benzene rings is 6. The van der Waals surface area contributed by atoms with Crippen LogP contribution in [0.15, 0.2) is 259 Å². The van der Waals surface area contributed by atoms with Crippen molar-refractivity contribution in [1.82, 2.24) is 97.6 Å². The molecule has 6 N–H and O–H groups in total. The molecule has 0 spiro atoms. The quantitative estimate of drug-likeness (QED) is 0.0386. The third-order valence-corrected chi connectivity index (χ3v) is 22.3. The van der Waals surface area contributed by atoms with Gasteiger partial charge in [-0.1, -0.05) is 115 Å². The Hall–Kier alpha value is -15.1. The van der Waals surface area contributed by atoms with Crippen LogP contribution in [-0.2, 0) is 9.47 Å². The van der Waals surface area contributed by atoms with Gasteiger partial charge in [-0.15, -0.1) is 0 Å². The van der Waals surface area contributed by atoms with E-state index in [0.717, 1.165) is 135 Å². The highest BCUT2D eigenvalue weighted by Gasteiger charge is 2.28. The highest BCUT2D eigenvalue weighted by Crippen LogP contribution is 2.37. The summed E-state index contributed by atoms with van der Waals surface area (Å²) >= 11 is 6.46. The fraction of sp³-hybridized carbons (Fsp3) is 0.207. The molecule has 14 heterocycles. The SMILES string of the molecule is COc1ncc(-c2cccc3cc([C@H](C)Nc4ncnc5c4ncn5C4CCCCO4)n(-c4ccccc4)c(=O)c23)cn1.COc1ncc(-c2cccc3cc([C@H](C)Nc4ncnc5nc[nH]c45)n(-c4ccccc4)c(=O)c23)cn1.COc1ncc(B(O)O)cn1.C[C@H](Nc1nccc2c1ncn2C1CCCCO1)c1cc2cccc(Cl)c2c(=O)n1-c1ccccc1.